The van der Waals surface area contributed by atoms with Crippen molar-refractivity contribution in [3.63, 3.8) is 0 Å². The van der Waals surface area contributed by atoms with E-state index in [0.717, 1.165) is 5.56 Å². The molecule has 17 heavy (non-hydrogen) atoms. The van der Waals surface area contributed by atoms with Crippen LogP contribution < -0.4 is 5.32 Å². The first-order valence-corrected chi connectivity index (χ1v) is 5.89. The first-order valence-electron chi connectivity index (χ1n) is 5.89. The third kappa shape index (κ3) is 2.94. The number of benzene rings is 1. The Morgan fingerprint density at radius 2 is 2.35 bits per heavy atom. The Kier molecular flexibility index (Phi) is 3.59. The summed E-state index contributed by atoms with van der Waals surface area (Å²) >= 11 is 0. The summed E-state index contributed by atoms with van der Waals surface area (Å²) in [6.07, 6.45) is 4.11. The first-order chi connectivity index (χ1) is 8.22. The molecule has 3 heteroatoms. The number of hydrogen-bond acceptors (Lipinski definition) is 2. The third-order valence-corrected chi connectivity index (χ3v) is 3.01. The van der Waals surface area contributed by atoms with Gasteiger partial charge in [0.15, 0.2) is 0 Å². The highest BCUT2D eigenvalue weighted by Crippen LogP contribution is 2.40. The number of carbonyl (C=O) groups is 1. The van der Waals surface area contributed by atoms with E-state index in [-0.39, 0.29) is 0 Å². The van der Waals surface area contributed by atoms with Crippen LogP contribution in [0.3, 0.4) is 0 Å². The molecule has 0 heterocycles. The number of aliphatic carboxylic acids is 1. The van der Waals surface area contributed by atoms with Gasteiger partial charge >= 0.3 is 5.97 Å². The van der Waals surface area contributed by atoms with Gasteiger partial charge < -0.3 is 5.11 Å². The van der Waals surface area contributed by atoms with Gasteiger partial charge in [0.1, 0.15) is 6.04 Å². The molecule has 0 aliphatic heterocycles. The van der Waals surface area contributed by atoms with E-state index in [9.17, 15) is 9.90 Å². The minimum absolute atomic E-state index is 0.491. The van der Waals surface area contributed by atoms with Crippen LogP contribution in [0, 0.1) is 0 Å². The van der Waals surface area contributed by atoms with E-state index in [1.54, 1.807) is 6.08 Å². The summed E-state index contributed by atoms with van der Waals surface area (Å²) in [5.41, 5.74) is 2.08. The third-order valence-electron chi connectivity index (χ3n) is 3.01. The molecule has 1 aromatic rings. The maximum atomic E-state index is 11.2. The molecule has 0 amide bonds. The van der Waals surface area contributed by atoms with Crippen LogP contribution in [0.15, 0.2) is 36.9 Å². The first kappa shape index (κ1) is 11.9. The summed E-state index contributed by atoms with van der Waals surface area (Å²) in [6.45, 7) is 4.08. The van der Waals surface area contributed by atoms with Crippen LogP contribution in [0.4, 0.5) is 0 Å². The Balaban J connectivity index is 2.18. The molecule has 0 radical (unpaired) electrons. The van der Waals surface area contributed by atoms with Crippen LogP contribution in [0.2, 0.25) is 0 Å². The van der Waals surface area contributed by atoms with Gasteiger partial charge in [-0.05, 0) is 29.9 Å². The molecule has 1 aliphatic rings. The van der Waals surface area contributed by atoms with E-state index < -0.39 is 12.0 Å². The van der Waals surface area contributed by atoms with Gasteiger partial charge in [-0.25, -0.2) is 0 Å². The Morgan fingerprint density at radius 1 is 1.59 bits per heavy atom. The van der Waals surface area contributed by atoms with Crippen molar-refractivity contribution in [1.82, 2.24) is 5.32 Å². The van der Waals surface area contributed by atoms with E-state index in [1.165, 1.54) is 18.4 Å². The molecule has 0 bridgehead atoms. The standard InChI is InChI=1S/C14H17NO2/c1-2-8-15-13(14(16)17)12-5-3-4-11(9-12)10-6-7-10/h2-5,9-10,13,15H,1,6-8H2,(H,16,17). The van der Waals surface area contributed by atoms with Gasteiger partial charge in [-0.15, -0.1) is 6.58 Å². The molecule has 1 aromatic carbocycles. The van der Waals surface area contributed by atoms with E-state index >= 15 is 0 Å². The van der Waals surface area contributed by atoms with Gasteiger partial charge in [-0.3, -0.25) is 10.1 Å². The lowest BCUT2D eigenvalue weighted by Gasteiger charge is -2.14. The van der Waals surface area contributed by atoms with Gasteiger partial charge in [-0.1, -0.05) is 30.3 Å². The van der Waals surface area contributed by atoms with Crippen molar-refractivity contribution in [3.8, 4) is 0 Å². The van der Waals surface area contributed by atoms with E-state index in [2.05, 4.69) is 18.0 Å². The fourth-order valence-corrected chi connectivity index (χ4v) is 1.96. The summed E-state index contributed by atoms with van der Waals surface area (Å²) in [4.78, 5) is 11.2. The number of carboxylic acid groups (broad SMARTS) is 1. The molecule has 0 saturated heterocycles. The summed E-state index contributed by atoms with van der Waals surface area (Å²) in [6, 6.07) is 7.24. The zero-order chi connectivity index (χ0) is 12.3. The topological polar surface area (TPSA) is 49.3 Å². The molecule has 1 unspecified atom stereocenters. The monoisotopic (exact) mass is 231 g/mol. The fourth-order valence-electron chi connectivity index (χ4n) is 1.96. The quantitative estimate of drug-likeness (QED) is 0.739. The number of hydrogen-bond donors (Lipinski definition) is 2. The summed E-state index contributed by atoms with van der Waals surface area (Å²) in [5, 5.41) is 12.2. The predicted octanol–water partition coefficient (Wildman–Crippen LogP) is 2.47. The van der Waals surface area contributed by atoms with Crippen LogP contribution in [-0.2, 0) is 4.79 Å². The Hall–Kier alpha value is -1.61. The van der Waals surface area contributed by atoms with Crippen molar-refractivity contribution in [2.75, 3.05) is 6.54 Å². The highest BCUT2D eigenvalue weighted by Gasteiger charge is 2.25. The minimum Gasteiger partial charge on any atom is -0.480 e. The van der Waals surface area contributed by atoms with Crippen LogP contribution in [-0.4, -0.2) is 17.6 Å². The Labute approximate surface area is 101 Å². The lowest BCUT2D eigenvalue weighted by molar-refractivity contribution is -0.139. The maximum absolute atomic E-state index is 11.2. The lowest BCUT2D eigenvalue weighted by Crippen LogP contribution is -2.28. The second-order valence-electron chi connectivity index (χ2n) is 4.41. The van der Waals surface area contributed by atoms with E-state index in [1.807, 2.05) is 18.2 Å². The zero-order valence-corrected chi connectivity index (χ0v) is 9.73. The van der Waals surface area contributed by atoms with Crippen LogP contribution in [0.1, 0.15) is 35.9 Å². The lowest BCUT2D eigenvalue weighted by atomic mass is 10.0. The molecule has 2 rings (SSSR count). The zero-order valence-electron chi connectivity index (χ0n) is 9.73. The van der Waals surface area contributed by atoms with Gasteiger partial charge in [0.05, 0.1) is 0 Å². The van der Waals surface area contributed by atoms with E-state index in [4.69, 9.17) is 0 Å². The summed E-state index contributed by atoms with van der Waals surface area (Å²) in [7, 11) is 0. The van der Waals surface area contributed by atoms with Crippen LogP contribution >= 0.6 is 0 Å². The average molecular weight is 231 g/mol. The second-order valence-corrected chi connectivity index (χ2v) is 4.41. The molecule has 1 aliphatic carbocycles. The molecule has 0 aromatic heterocycles. The molecule has 1 saturated carbocycles. The SMILES string of the molecule is C=CCNC(C(=O)O)c1cccc(C2CC2)c1. The van der Waals surface area contributed by atoms with E-state index in [0.29, 0.717) is 12.5 Å². The van der Waals surface area contributed by atoms with Crippen molar-refractivity contribution < 1.29 is 9.90 Å². The Morgan fingerprint density at radius 3 is 2.94 bits per heavy atom. The molecular formula is C14H17NO2. The van der Waals surface area contributed by atoms with Crippen molar-refractivity contribution >= 4 is 5.97 Å². The molecule has 0 spiro atoms. The number of nitrogens with one attached hydrogen (secondary N) is 1. The summed E-state index contributed by atoms with van der Waals surface area (Å²) in [5.74, 6) is -0.205. The summed E-state index contributed by atoms with van der Waals surface area (Å²) < 4.78 is 0. The van der Waals surface area contributed by atoms with Crippen LogP contribution in [0.5, 0.6) is 0 Å². The highest BCUT2D eigenvalue weighted by atomic mass is 16.4. The fraction of sp³-hybridized carbons (Fsp3) is 0.357. The second kappa shape index (κ2) is 5.15. The molecule has 1 atom stereocenters. The smallest absolute Gasteiger partial charge is 0.325 e. The number of carboxylic acids is 1. The molecule has 3 nitrogen and oxygen atoms in total. The Bertz CT molecular complexity index is 424. The molecule has 1 fully saturated rings. The minimum atomic E-state index is -0.847. The number of rotatable bonds is 6. The van der Waals surface area contributed by atoms with Crippen molar-refractivity contribution in [2.24, 2.45) is 0 Å². The van der Waals surface area contributed by atoms with Gasteiger partial charge in [-0.2, -0.15) is 0 Å². The van der Waals surface area contributed by atoms with Gasteiger partial charge in [0.25, 0.3) is 0 Å². The predicted molar refractivity (Wildman–Crippen MR) is 67.0 cm³/mol. The largest absolute Gasteiger partial charge is 0.480 e. The normalized spacial score (nSPS) is 16.5. The molecular weight excluding hydrogens is 214 g/mol. The average Bonchev–Trinajstić information content (AvgIpc) is 3.13. The molecule has 2 N–H and O–H groups in total. The van der Waals surface area contributed by atoms with Crippen molar-refractivity contribution in [1.29, 1.82) is 0 Å². The maximum Gasteiger partial charge on any atom is 0.325 e. The molecule has 90 valence electrons. The van der Waals surface area contributed by atoms with Gasteiger partial charge in [0.2, 0.25) is 0 Å². The van der Waals surface area contributed by atoms with Crippen molar-refractivity contribution in [2.45, 2.75) is 24.8 Å². The van der Waals surface area contributed by atoms with Crippen LogP contribution in [0.25, 0.3) is 0 Å². The van der Waals surface area contributed by atoms with Gasteiger partial charge in [0, 0.05) is 6.54 Å². The highest BCUT2D eigenvalue weighted by molar-refractivity contribution is 5.75. The van der Waals surface area contributed by atoms with Crippen molar-refractivity contribution in [3.05, 3.63) is 48.0 Å².